The van der Waals surface area contributed by atoms with Crippen LogP contribution in [0, 0.1) is 13.8 Å². The van der Waals surface area contributed by atoms with Gasteiger partial charge in [-0.2, -0.15) is 0 Å². The lowest BCUT2D eigenvalue weighted by atomic mass is 10.0. The van der Waals surface area contributed by atoms with Gasteiger partial charge in [-0.05, 0) is 49.6 Å². The van der Waals surface area contributed by atoms with Crippen molar-refractivity contribution in [1.29, 1.82) is 0 Å². The zero-order valence-electron chi connectivity index (χ0n) is 12.3. The number of hydrogen-bond acceptors (Lipinski definition) is 2. The molecule has 0 spiro atoms. The molecule has 0 saturated heterocycles. The summed E-state index contributed by atoms with van der Waals surface area (Å²) in [5.74, 6) is 0.756. The lowest BCUT2D eigenvalue weighted by Gasteiger charge is -2.08. The Morgan fingerprint density at radius 1 is 1.05 bits per heavy atom. The lowest BCUT2D eigenvalue weighted by molar-refractivity contribution is 0.0921. The minimum atomic E-state index is 0.0192. The maximum absolute atomic E-state index is 12.2. The van der Waals surface area contributed by atoms with Crippen molar-refractivity contribution in [3.63, 3.8) is 0 Å². The van der Waals surface area contributed by atoms with Gasteiger partial charge in [-0.15, -0.1) is 0 Å². The molecule has 104 valence electrons. The van der Waals surface area contributed by atoms with Crippen molar-refractivity contribution in [2.24, 2.45) is 0 Å². The van der Waals surface area contributed by atoms with E-state index in [0.717, 1.165) is 28.9 Å². The molecule has 0 radical (unpaired) electrons. The van der Waals surface area contributed by atoms with Crippen LogP contribution in [0.2, 0.25) is 0 Å². The van der Waals surface area contributed by atoms with Crippen molar-refractivity contribution in [2.75, 3.05) is 6.61 Å². The second kappa shape index (κ2) is 6.38. The van der Waals surface area contributed by atoms with Crippen LogP contribution >= 0.6 is 0 Å². The van der Waals surface area contributed by atoms with Gasteiger partial charge in [-0.1, -0.05) is 36.8 Å². The fourth-order valence-electron chi connectivity index (χ4n) is 2.08. The molecule has 0 bridgehead atoms. The van der Waals surface area contributed by atoms with Gasteiger partial charge in [0.2, 0.25) is 0 Å². The molecular weight excluding hydrogens is 248 g/mol. The molecule has 0 saturated carbocycles. The number of hydrogen-bond donors (Lipinski definition) is 0. The number of benzene rings is 2. The Labute approximate surface area is 120 Å². The van der Waals surface area contributed by atoms with Crippen LogP contribution < -0.4 is 4.74 Å². The summed E-state index contributed by atoms with van der Waals surface area (Å²) in [5.41, 5.74) is 4.09. The van der Waals surface area contributed by atoms with E-state index in [2.05, 4.69) is 6.92 Å². The fraction of sp³-hybridized carbons (Fsp3) is 0.278. The predicted molar refractivity (Wildman–Crippen MR) is 81.6 cm³/mol. The molecule has 20 heavy (non-hydrogen) atoms. The second-order valence-corrected chi connectivity index (χ2v) is 5.03. The van der Waals surface area contributed by atoms with Gasteiger partial charge in [0.05, 0.1) is 0 Å². The molecule has 2 rings (SSSR count). The third-order valence-electron chi connectivity index (χ3n) is 3.40. The second-order valence-electron chi connectivity index (χ2n) is 5.03. The minimum absolute atomic E-state index is 0.0192. The van der Waals surface area contributed by atoms with Crippen molar-refractivity contribution >= 4 is 5.78 Å². The van der Waals surface area contributed by atoms with Crippen LogP contribution in [-0.4, -0.2) is 12.4 Å². The molecule has 2 aromatic rings. The Bertz CT molecular complexity index is 597. The van der Waals surface area contributed by atoms with E-state index in [1.54, 1.807) is 0 Å². The highest BCUT2D eigenvalue weighted by atomic mass is 16.5. The molecule has 0 aliphatic carbocycles. The van der Waals surface area contributed by atoms with Crippen molar-refractivity contribution < 1.29 is 9.53 Å². The van der Waals surface area contributed by atoms with Gasteiger partial charge in [-0.3, -0.25) is 4.79 Å². The Hall–Kier alpha value is -2.09. The summed E-state index contributed by atoms with van der Waals surface area (Å²) in [6, 6.07) is 13.8. The van der Waals surface area contributed by atoms with Crippen LogP contribution in [0.3, 0.4) is 0 Å². The summed E-state index contributed by atoms with van der Waals surface area (Å²) in [7, 11) is 0. The molecule has 0 unspecified atom stereocenters. The number of ether oxygens (including phenoxy) is 1. The molecule has 2 heteroatoms. The third-order valence-corrected chi connectivity index (χ3v) is 3.40. The number of Topliss-reactive ketones (excluding diaryl/α,β-unsaturated/α-hetero) is 1. The smallest absolute Gasteiger partial charge is 0.200 e. The highest BCUT2D eigenvalue weighted by Crippen LogP contribution is 2.15. The standard InChI is InChI=1S/C18H20O2/c1-4-15-7-9-16(10-8-15)20-12-18(19)17-11-13(2)5-6-14(17)3/h5-11H,4,12H2,1-3H3. The number of carbonyl (C=O) groups is 1. The summed E-state index contributed by atoms with van der Waals surface area (Å²) < 4.78 is 5.57. The molecule has 2 aromatic carbocycles. The molecule has 0 amide bonds. The minimum Gasteiger partial charge on any atom is -0.485 e. The first kappa shape index (κ1) is 14.3. The summed E-state index contributed by atoms with van der Waals surface area (Å²) in [5, 5.41) is 0. The monoisotopic (exact) mass is 268 g/mol. The normalized spacial score (nSPS) is 10.3. The summed E-state index contributed by atoms with van der Waals surface area (Å²) >= 11 is 0. The first-order valence-electron chi connectivity index (χ1n) is 6.92. The van der Waals surface area contributed by atoms with Gasteiger partial charge in [-0.25, -0.2) is 0 Å². The molecule has 0 N–H and O–H groups in total. The molecule has 0 atom stereocenters. The van der Waals surface area contributed by atoms with E-state index in [-0.39, 0.29) is 12.4 Å². The molecule has 2 nitrogen and oxygen atoms in total. The van der Waals surface area contributed by atoms with Gasteiger partial charge in [0.15, 0.2) is 12.4 Å². The maximum Gasteiger partial charge on any atom is 0.200 e. The van der Waals surface area contributed by atoms with Crippen LogP contribution in [0.4, 0.5) is 0 Å². The number of carbonyl (C=O) groups excluding carboxylic acids is 1. The Morgan fingerprint density at radius 3 is 2.40 bits per heavy atom. The molecule has 0 aliphatic heterocycles. The first-order valence-corrected chi connectivity index (χ1v) is 6.92. The summed E-state index contributed by atoms with van der Waals surface area (Å²) in [4.78, 5) is 12.2. The largest absolute Gasteiger partial charge is 0.485 e. The maximum atomic E-state index is 12.2. The zero-order chi connectivity index (χ0) is 14.5. The Kier molecular flexibility index (Phi) is 4.57. The van der Waals surface area contributed by atoms with Crippen molar-refractivity contribution in [3.05, 3.63) is 64.7 Å². The van der Waals surface area contributed by atoms with Crippen LogP contribution in [0.1, 0.15) is 34.0 Å². The van der Waals surface area contributed by atoms with Gasteiger partial charge >= 0.3 is 0 Å². The lowest BCUT2D eigenvalue weighted by Crippen LogP contribution is -2.13. The van der Waals surface area contributed by atoms with E-state index in [1.807, 2.05) is 56.3 Å². The number of ketones is 1. The molecule has 0 heterocycles. The van der Waals surface area contributed by atoms with Crippen LogP contribution in [0.15, 0.2) is 42.5 Å². The highest BCUT2D eigenvalue weighted by Gasteiger charge is 2.10. The molecular formula is C18H20O2. The van der Waals surface area contributed by atoms with Crippen molar-refractivity contribution in [1.82, 2.24) is 0 Å². The summed E-state index contributed by atoms with van der Waals surface area (Å²) in [6.07, 6.45) is 1.00. The molecule has 0 fully saturated rings. The quantitative estimate of drug-likeness (QED) is 0.762. The van der Waals surface area contributed by atoms with Gasteiger partial charge < -0.3 is 4.74 Å². The van der Waals surface area contributed by atoms with Gasteiger partial charge in [0, 0.05) is 5.56 Å². The van der Waals surface area contributed by atoms with Gasteiger partial charge in [0.25, 0.3) is 0 Å². The van der Waals surface area contributed by atoms with Crippen LogP contribution in [-0.2, 0) is 6.42 Å². The van der Waals surface area contributed by atoms with Crippen molar-refractivity contribution in [2.45, 2.75) is 27.2 Å². The van der Waals surface area contributed by atoms with E-state index < -0.39 is 0 Å². The number of aryl methyl sites for hydroxylation is 3. The molecule has 0 aliphatic rings. The molecule has 0 aromatic heterocycles. The van der Waals surface area contributed by atoms with E-state index >= 15 is 0 Å². The Balaban J connectivity index is 2.02. The van der Waals surface area contributed by atoms with E-state index in [1.165, 1.54) is 5.56 Å². The summed E-state index contributed by atoms with van der Waals surface area (Å²) in [6.45, 7) is 6.12. The Morgan fingerprint density at radius 2 is 1.75 bits per heavy atom. The first-order chi connectivity index (χ1) is 9.60. The number of rotatable bonds is 5. The van der Waals surface area contributed by atoms with Crippen molar-refractivity contribution in [3.8, 4) is 5.75 Å². The average Bonchev–Trinajstić information content (AvgIpc) is 2.47. The topological polar surface area (TPSA) is 26.3 Å². The average molecular weight is 268 g/mol. The third kappa shape index (κ3) is 3.47. The van der Waals surface area contributed by atoms with Crippen LogP contribution in [0.5, 0.6) is 5.75 Å². The predicted octanol–water partition coefficient (Wildman–Crippen LogP) is 4.13. The van der Waals surface area contributed by atoms with E-state index in [0.29, 0.717) is 0 Å². The fourth-order valence-corrected chi connectivity index (χ4v) is 2.08. The van der Waals surface area contributed by atoms with E-state index in [9.17, 15) is 4.79 Å². The highest BCUT2D eigenvalue weighted by molar-refractivity contribution is 5.98. The van der Waals surface area contributed by atoms with Gasteiger partial charge in [0.1, 0.15) is 5.75 Å². The zero-order valence-corrected chi connectivity index (χ0v) is 12.3. The SMILES string of the molecule is CCc1ccc(OCC(=O)c2cc(C)ccc2C)cc1. The van der Waals surface area contributed by atoms with E-state index in [4.69, 9.17) is 4.74 Å². The van der Waals surface area contributed by atoms with Crippen LogP contribution in [0.25, 0.3) is 0 Å².